The van der Waals surface area contributed by atoms with Gasteiger partial charge in [0.25, 0.3) is 0 Å². The van der Waals surface area contributed by atoms with Crippen molar-refractivity contribution >= 4 is 28.5 Å². The molecule has 3 aromatic rings. The highest BCUT2D eigenvalue weighted by Crippen LogP contribution is 2.42. The number of carbonyl (C=O) groups is 1. The van der Waals surface area contributed by atoms with E-state index >= 15 is 4.39 Å². The lowest BCUT2D eigenvalue weighted by Gasteiger charge is -2.38. The standard InChI is InChI=1S/C27H32FN7O4/c1-17-16-39-25-22-19(24(36)20(26(37)38)15-35(17)22)11-21(28)23(25)33-9-7-32(8-10-33)14-18-12-30-27(31-13-18)34-5-2-3-29-4-6-34/h11-13,15,17,29H,2-10,14,16H2,1H3,(H,37,38)/t17-/m0/s1. The Morgan fingerprint density at radius 3 is 2.64 bits per heavy atom. The second-order valence-corrected chi connectivity index (χ2v) is 10.4. The van der Waals surface area contributed by atoms with Crippen LogP contribution in [-0.4, -0.2) is 89.5 Å². The molecule has 2 saturated heterocycles. The topological polar surface area (TPSA) is 116 Å². The number of pyridine rings is 1. The summed E-state index contributed by atoms with van der Waals surface area (Å²) in [6, 6.07) is 0.963. The van der Waals surface area contributed by atoms with Gasteiger partial charge >= 0.3 is 5.97 Å². The van der Waals surface area contributed by atoms with Crippen molar-refractivity contribution in [1.29, 1.82) is 0 Å². The van der Waals surface area contributed by atoms with E-state index < -0.39 is 17.2 Å². The van der Waals surface area contributed by atoms with E-state index in [0.717, 1.165) is 50.2 Å². The van der Waals surface area contributed by atoms with Crippen LogP contribution in [0.1, 0.15) is 35.3 Å². The molecule has 5 heterocycles. The molecule has 206 valence electrons. The summed E-state index contributed by atoms with van der Waals surface area (Å²) in [5, 5.41) is 12.9. The van der Waals surface area contributed by atoms with Crippen molar-refractivity contribution in [2.45, 2.75) is 25.9 Å². The van der Waals surface area contributed by atoms with Gasteiger partial charge in [0.05, 0.1) is 16.9 Å². The van der Waals surface area contributed by atoms with Gasteiger partial charge in [0.15, 0.2) is 11.6 Å². The molecule has 0 aliphatic carbocycles. The molecule has 3 aliphatic rings. The largest absolute Gasteiger partial charge is 0.487 e. The molecule has 12 heteroatoms. The van der Waals surface area contributed by atoms with Crippen LogP contribution < -0.4 is 25.3 Å². The van der Waals surface area contributed by atoms with Gasteiger partial charge in [-0.2, -0.15) is 0 Å². The van der Waals surface area contributed by atoms with Crippen LogP contribution in [-0.2, 0) is 6.54 Å². The number of anilines is 2. The van der Waals surface area contributed by atoms with Crippen molar-refractivity contribution < 1.29 is 19.0 Å². The fourth-order valence-electron chi connectivity index (χ4n) is 5.69. The molecular weight excluding hydrogens is 505 g/mol. The highest BCUT2D eigenvalue weighted by atomic mass is 19.1. The van der Waals surface area contributed by atoms with Gasteiger partial charge in [-0.25, -0.2) is 19.2 Å². The molecule has 39 heavy (non-hydrogen) atoms. The fraction of sp³-hybridized carbons (Fsp3) is 0.481. The minimum atomic E-state index is -1.33. The lowest BCUT2D eigenvalue weighted by Crippen LogP contribution is -2.46. The first kappa shape index (κ1) is 25.5. The van der Waals surface area contributed by atoms with Crippen LogP contribution in [0, 0.1) is 5.82 Å². The predicted octanol–water partition coefficient (Wildman–Crippen LogP) is 1.70. The molecule has 1 atom stereocenters. The first-order chi connectivity index (χ1) is 18.9. The van der Waals surface area contributed by atoms with Crippen molar-refractivity contribution in [3.05, 3.63) is 51.8 Å². The smallest absolute Gasteiger partial charge is 0.341 e. The number of ether oxygens (including phenoxy) is 1. The van der Waals surface area contributed by atoms with Gasteiger partial charge in [-0.3, -0.25) is 9.69 Å². The van der Waals surface area contributed by atoms with Crippen LogP contribution in [0.25, 0.3) is 10.9 Å². The number of carboxylic acid groups (broad SMARTS) is 1. The van der Waals surface area contributed by atoms with Gasteiger partial charge in [0, 0.05) is 76.5 Å². The first-order valence-corrected chi connectivity index (χ1v) is 13.4. The number of carboxylic acids is 1. The predicted molar refractivity (Wildman–Crippen MR) is 145 cm³/mol. The van der Waals surface area contributed by atoms with E-state index in [1.54, 1.807) is 4.57 Å². The number of rotatable bonds is 5. The van der Waals surface area contributed by atoms with Crippen molar-refractivity contribution in [2.75, 3.05) is 68.8 Å². The van der Waals surface area contributed by atoms with Crippen molar-refractivity contribution in [3.8, 4) is 5.75 Å². The summed E-state index contributed by atoms with van der Waals surface area (Å²) >= 11 is 0. The van der Waals surface area contributed by atoms with E-state index in [9.17, 15) is 14.7 Å². The summed E-state index contributed by atoms with van der Waals surface area (Å²) in [5.41, 5.74) is 0.722. The van der Waals surface area contributed by atoms with E-state index in [4.69, 9.17) is 4.74 Å². The Morgan fingerprint density at radius 1 is 1.13 bits per heavy atom. The molecule has 1 aromatic carbocycles. The van der Waals surface area contributed by atoms with E-state index in [0.29, 0.717) is 49.7 Å². The van der Waals surface area contributed by atoms with E-state index in [2.05, 4.69) is 25.1 Å². The zero-order chi connectivity index (χ0) is 27.1. The van der Waals surface area contributed by atoms with E-state index in [1.165, 1.54) is 6.20 Å². The fourth-order valence-corrected chi connectivity index (χ4v) is 5.69. The van der Waals surface area contributed by atoms with Crippen molar-refractivity contribution in [2.24, 2.45) is 0 Å². The maximum atomic E-state index is 15.5. The number of aromatic nitrogens is 3. The van der Waals surface area contributed by atoms with Gasteiger partial charge < -0.3 is 29.5 Å². The molecule has 0 spiro atoms. The molecule has 0 amide bonds. The first-order valence-electron chi connectivity index (χ1n) is 13.4. The molecule has 11 nitrogen and oxygen atoms in total. The molecular formula is C27H32FN7O4. The van der Waals surface area contributed by atoms with Gasteiger partial charge in [-0.05, 0) is 26.0 Å². The van der Waals surface area contributed by atoms with Crippen LogP contribution in [0.5, 0.6) is 5.75 Å². The second kappa shape index (κ2) is 10.4. The van der Waals surface area contributed by atoms with Crippen molar-refractivity contribution in [3.63, 3.8) is 0 Å². The lowest BCUT2D eigenvalue weighted by atomic mass is 10.1. The quantitative estimate of drug-likeness (QED) is 0.498. The minimum absolute atomic E-state index is 0.0243. The molecule has 6 rings (SSSR count). The third kappa shape index (κ3) is 4.78. The number of piperazine rings is 1. The Labute approximate surface area is 224 Å². The summed E-state index contributed by atoms with van der Waals surface area (Å²) in [6.07, 6.45) is 6.19. The summed E-state index contributed by atoms with van der Waals surface area (Å²) in [4.78, 5) is 40.1. The van der Waals surface area contributed by atoms with Gasteiger partial charge in [-0.1, -0.05) is 0 Å². The maximum absolute atomic E-state index is 15.5. The Kier molecular flexibility index (Phi) is 6.81. The number of halogens is 1. The van der Waals surface area contributed by atoms with Crippen LogP contribution in [0.2, 0.25) is 0 Å². The Bertz CT molecular complexity index is 1450. The van der Waals surface area contributed by atoms with Crippen LogP contribution in [0.3, 0.4) is 0 Å². The SMILES string of the molecule is C[C@H]1COc2c(N3CCN(Cc4cnc(N5CCCNCC5)nc4)CC3)c(F)cc3c(=O)c(C(=O)O)cn1c23. The van der Waals surface area contributed by atoms with Crippen LogP contribution in [0.15, 0.2) is 29.5 Å². The summed E-state index contributed by atoms with van der Waals surface area (Å²) < 4.78 is 23.2. The Hall–Kier alpha value is -3.77. The third-order valence-electron chi connectivity index (χ3n) is 7.78. The second-order valence-electron chi connectivity index (χ2n) is 10.4. The highest BCUT2D eigenvalue weighted by Gasteiger charge is 2.31. The average molecular weight is 538 g/mol. The number of hydrogen-bond donors (Lipinski definition) is 2. The van der Waals surface area contributed by atoms with Gasteiger partial charge in [0.2, 0.25) is 11.4 Å². The number of benzene rings is 1. The molecule has 0 radical (unpaired) electrons. The molecule has 0 unspecified atom stereocenters. The maximum Gasteiger partial charge on any atom is 0.341 e. The third-order valence-corrected chi connectivity index (χ3v) is 7.78. The zero-order valence-corrected chi connectivity index (χ0v) is 21.9. The summed E-state index contributed by atoms with van der Waals surface area (Å²) in [7, 11) is 0. The zero-order valence-electron chi connectivity index (χ0n) is 21.9. The average Bonchev–Trinajstić information content (AvgIpc) is 3.22. The molecule has 2 aromatic heterocycles. The Morgan fingerprint density at radius 2 is 1.90 bits per heavy atom. The minimum Gasteiger partial charge on any atom is -0.487 e. The van der Waals surface area contributed by atoms with E-state index in [-0.39, 0.29) is 23.6 Å². The Balaban J connectivity index is 1.19. The van der Waals surface area contributed by atoms with Crippen LogP contribution >= 0.6 is 0 Å². The number of hydrogen-bond acceptors (Lipinski definition) is 9. The summed E-state index contributed by atoms with van der Waals surface area (Å²) in [6.45, 7) is 9.18. The van der Waals surface area contributed by atoms with Crippen molar-refractivity contribution in [1.82, 2.24) is 24.8 Å². The highest BCUT2D eigenvalue weighted by molar-refractivity contribution is 5.97. The monoisotopic (exact) mass is 537 g/mol. The normalized spacial score (nSPS) is 20.1. The number of aromatic carboxylic acids is 1. The van der Waals surface area contributed by atoms with Crippen LogP contribution in [0.4, 0.5) is 16.0 Å². The molecule has 0 saturated carbocycles. The van der Waals surface area contributed by atoms with Gasteiger partial charge in [0.1, 0.15) is 17.9 Å². The molecule has 0 bridgehead atoms. The number of nitrogens with zero attached hydrogens (tertiary/aromatic N) is 6. The summed E-state index contributed by atoms with van der Waals surface area (Å²) in [5.74, 6) is -0.847. The van der Waals surface area contributed by atoms with Gasteiger partial charge in [-0.15, -0.1) is 0 Å². The molecule has 2 N–H and O–H groups in total. The lowest BCUT2D eigenvalue weighted by molar-refractivity contribution is 0.0694. The molecule has 3 aliphatic heterocycles. The number of nitrogens with one attached hydrogen (secondary N) is 1. The van der Waals surface area contributed by atoms with E-state index in [1.807, 2.05) is 24.2 Å². The molecule has 2 fully saturated rings.